The van der Waals surface area contributed by atoms with Gasteiger partial charge >= 0.3 is 6.18 Å². The van der Waals surface area contributed by atoms with Crippen LogP contribution in [-0.4, -0.2) is 41.0 Å². The SMILES string of the molecule is CN(C(=O)c1csc(-c2cccc(C(F)(F)F)c2)n1)C1CC2CCC(C1)N2.Cl.Cl. The molecule has 10 heteroatoms. The molecule has 0 saturated carbocycles. The maximum absolute atomic E-state index is 12.9. The summed E-state index contributed by atoms with van der Waals surface area (Å²) in [7, 11) is 1.79. The Bertz CT molecular complexity index is 849. The third kappa shape index (κ3) is 5.05. The summed E-state index contributed by atoms with van der Waals surface area (Å²) < 4.78 is 38.7. The Kier molecular flexibility index (Phi) is 7.59. The summed E-state index contributed by atoms with van der Waals surface area (Å²) in [5.74, 6) is -0.171. The van der Waals surface area contributed by atoms with Gasteiger partial charge < -0.3 is 10.2 Å². The number of halogens is 5. The number of piperidine rings is 1. The van der Waals surface area contributed by atoms with E-state index in [2.05, 4.69) is 10.3 Å². The molecule has 4 rings (SSSR count). The number of benzene rings is 1. The molecule has 29 heavy (non-hydrogen) atoms. The maximum Gasteiger partial charge on any atom is 0.416 e. The Morgan fingerprint density at radius 2 is 1.86 bits per heavy atom. The first-order valence-corrected chi connectivity index (χ1v) is 9.85. The number of carbonyl (C=O) groups is 1. The van der Waals surface area contributed by atoms with Gasteiger partial charge in [0.2, 0.25) is 0 Å². The second-order valence-electron chi connectivity index (χ2n) is 7.30. The molecule has 1 N–H and O–H groups in total. The van der Waals surface area contributed by atoms with E-state index < -0.39 is 11.7 Å². The first-order chi connectivity index (χ1) is 12.8. The molecule has 1 aromatic heterocycles. The molecule has 160 valence electrons. The van der Waals surface area contributed by atoms with Crippen molar-refractivity contribution in [3.05, 3.63) is 40.9 Å². The van der Waals surface area contributed by atoms with Gasteiger partial charge in [-0.2, -0.15) is 13.2 Å². The molecule has 0 spiro atoms. The lowest BCUT2D eigenvalue weighted by molar-refractivity contribution is -0.137. The summed E-state index contributed by atoms with van der Waals surface area (Å²) in [5.41, 5.74) is -0.0531. The lowest BCUT2D eigenvalue weighted by atomic mass is 9.98. The van der Waals surface area contributed by atoms with E-state index >= 15 is 0 Å². The average Bonchev–Trinajstić information content (AvgIpc) is 3.26. The standard InChI is InChI=1S/C19H20F3N3OS.2ClH/c1-25(15-8-13-5-6-14(9-15)23-13)18(26)16-10-27-17(24-16)11-3-2-4-12(7-11)19(20,21)22;;/h2-4,7,10,13-15,23H,5-6,8-9H2,1H3;2*1H. The molecule has 0 aliphatic carbocycles. The number of aromatic nitrogens is 1. The minimum Gasteiger partial charge on any atom is -0.337 e. The number of nitrogens with zero attached hydrogens (tertiary/aromatic N) is 2. The molecule has 2 bridgehead atoms. The van der Waals surface area contributed by atoms with Crippen molar-refractivity contribution in [1.82, 2.24) is 15.2 Å². The van der Waals surface area contributed by atoms with Gasteiger partial charge in [-0.3, -0.25) is 4.79 Å². The van der Waals surface area contributed by atoms with Gasteiger partial charge in [0.25, 0.3) is 5.91 Å². The van der Waals surface area contributed by atoms with Crippen molar-refractivity contribution in [3.63, 3.8) is 0 Å². The van der Waals surface area contributed by atoms with Crippen molar-refractivity contribution in [1.29, 1.82) is 0 Å². The molecular formula is C19H22Cl2F3N3OS. The molecule has 2 aliphatic rings. The molecular weight excluding hydrogens is 446 g/mol. The fraction of sp³-hybridized carbons (Fsp3) is 0.474. The van der Waals surface area contributed by atoms with E-state index in [-0.39, 0.29) is 36.8 Å². The van der Waals surface area contributed by atoms with Crippen LogP contribution in [0.2, 0.25) is 0 Å². The minimum atomic E-state index is -4.40. The van der Waals surface area contributed by atoms with Crippen LogP contribution in [0, 0.1) is 0 Å². The monoisotopic (exact) mass is 467 g/mol. The number of thiazole rings is 1. The Hall–Kier alpha value is -1.35. The molecule has 1 amide bonds. The van der Waals surface area contributed by atoms with Crippen LogP contribution in [0.5, 0.6) is 0 Å². The highest BCUT2D eigenvalue weighted by Crippen LogP contribution is 2.34. The van der Waals surface area contributed by atoms with E-state index in [1.165, 1.54) is 17.4 Å². The van der Waals surface area contributed by atoms with Crippen LogP contribution in [0.4, 0.5) is 13.2 Å². The summed E-state index contributed by atoms with van der Waals surface area (Å²) in [5, 5.41) is 5.60. The molecule has 0 radical (unpaired) electrons. The van der Waals surface area contributed by atoms with E-state index in [0.29, 0.717) is 28.3 Å². The maximum atomic E-state index is 12.9. The Morgan fingerprint density at radius 3 is 2.48 bits per heavy atom. The molecule has 2 unspecified atom stereocenters. The van der Waals surface area contributed by atoms with E-state index in [0.717, 1.165) is 37.8 Å². The first-order valence-electron chi connectivity index (χ1n) is 8.97. The zero-order valence-electron chi connectivity index (χ0n) is 15.6. The van der Waals surface area contributed by atoms with Crippen LogP contribution >= 0.6 is 36.2 Å². The highest BCUT2D eigenvalue weighted by molar-refractivity contribution is 7.13. The number of carbonyl (C=O) groups excluding carboxylic acids is 1. The highest BCUT2D eigenvalue weighted by Gasteiger charge is 2.37. The summed E-state index contributed by atoms with van der Waals surface area (Å²) in [6.45, 7) is 0. The van der Waals surface area contributed by atoms with Crippen LogP contribution in [0.1, 0.15) is 41.7 Å². The van der Waals surface area contributed by atoms with Gasteiger partial charge in [-0.1, -0.05) is 12.1 Å². The molecule has 2 atom stereocenters. The number of rotatable bonds is 3. The van der Waals surface area contributed by atoms with Crippen LogP contribution < -0.4 is 5.32 Å². The van der Waals surface area contributed by atoms with E-state index in [1.807, 2.05) is 0 Å². The van der Waals surface area contributed by atoms with Crippen molar-refractivity contribution in [3.8, 4) is 10.6 Å². The van der Waals surface area contributed by atoms with Crippen molar-refractivity contribution in [2.24, 2.45) is 0 Å². The second-order valence-corrected chi connectivity index (χ2v) is 8.15. The number of hydrogen-bond acceptors (Lipinski definition) is 4. The Labute approximate surface area is 183 Å². The predicted octanol–water partition coefficient (Wildman–Crippen LogP) is 5.03. The largest absolute Gasteiger partial charge is 0.416 e. The predicted molar refractivity (Wildman–Crippen MR) is 112 cm³/mol. The molecule has 1 aromatic carbocycles. The van der Waals surface area contributed by atoms with Gasteiger partial charge in [0.1, 0.15) is 10.7 Å². The van der Waals surface area contributed by atoms with Crippen LogP contribution in [0.3, 0.4) is 0 Å². The third-order valence-corrected chi connectivity index (χ3v) is 6.37. The van der Waals surface area contributed by atoms with Gasteiger partial charge in [-0.15, -0.1) is 36.2 Å². The van der Waals surface area contributed by atoms with Crippen molar-refractivity contribution in [2.75, 3.05) is 7.05 Å². The number of nitrogens with one attached hydrogen (secondary N) is 1. The second kappa shape index (κ2) is 9.20. The van der Waals surface area contributed by atoms with E-state index in [1.54, 1.807) is 23.4 Å². The normalized spacial score (nSPS) is 23.1. The topological polar surface area (TPSA) is 45.2 Å². The lowest BCUT2D eigenvalue weighted by Crippen LogP contribution is -2.48. The smallest absolute Gasteiger partial charge is 0.337 e. The number of amides is 1. The highest BCUT2D eigenvalue weighted by atomic mass is 35.5. The zero-order valence-corrected chi connectivity index (χ0v) is 18.1. The Balaban J connectivity index is 0.00000150. The van der Waals surface area contributed by atoms with E-state index in [4.69, 9.17) is 0 Å². The fourth-order valence-electron chi connectivity index (χ4n) is 4.02. The molecule has 2 aromatic rings. The van der Waals surface area contributed by atoms with Crippen LogP contribution in [-0.2, 0) is 6.18 Å². The molecule has 3 heterocycles. The van der Waals surface area contributed by atoms with Crippen molar-refractivity contribution >= 4 is 42.1 Å². The van der Waals surface area contributed by atoms with Gasteiger partial charge in [-0.25, -0.2) is 4.98 Å². The molecule has 2 aliphatic heterocycles. The quantitative estimate of drug-likeness (QED) is 0.688. The molecule has 4 nitrogen and oxygen atoms in total. The summed E-state index contributed by atoms with van der Waals surface area (Å²) >= 11 is 1.19. The van der Waals surface area contributed by atoms with Crippen LogP contribution in [0.25, 0.3) is 10.6 Å². The van der Waals surface area contributed by atoms with Gasteiger partial charge in [-0.05, 0) is 37.8 Å². The fourth-order valence-corrected chi connectivity index (χ4v) is 4.81. The van der Waals surface area contributed by atoms with Gasteiger partial charge in [0, 0.05) is 36.1 Å². The summed E-state index contributed by atoms with van der Waals surface area (Å²) in [6.07, 6.45) is -0.230. The van der Waals surface area contributed by atoms with E-state index in [9.17, 15) is 18.0 Å². The molecule has 2 fully saturated rings. The van der Waals surface area contributed by atoms with Crippen molar-refractivity contribution in [2.45, 2.75) is 50.0 Å². The zero-order chi connectivity index (χ0) is 19.2. The Morgan fingerprint density at radius 1 is 1.21 bits per heavy atom. The number of hydrogen-bond donors (Lipinski definition) is 1. The molecule has 2 saturated heterocycles. The first kappa shape index (κ1) is 23.9. The summed E-state index contributed by atoms with van der Waals surface area (Å²) in [4.78, 5) is 18.9. The van der Waals surface area contributed by atoms with Crippen molar-refractivity contribution < 1.29 is 18.0 Å². The number of fused-ring (bicyclic) bond motifs is 2. The van der Waals surface area contributed by atoms with Gasteiger partial charge in [0.15, 0.2) is 0 Å². The summed E-state index contributed by atoms with van der Waals surface area (Å²) in [6, 6.07) is 6.16. The lowest BCUT2D eigenvalue weighted by Gasteiger charge is -2.35. The number of alkyl halides is 3. The minimum absolute atomic E-state index is 0. The third-order valence-electron chi connectivity index (χ3n) is 5.48. The van der Waals surface area contributed by atoms with Gasteiger partial charge in [0.05, 0.1) is 5.56 Å². The average molecular weight is 468 g/mol. The van der Waals surface area contributed by atoms with Crippen LogP contribution in [0.15, 0.2) is 29.6 Å².